The minimum absolute atomic E-state index is 0.0650. The van der Waals surface area contributed by atoms with E-state index in [9.17, 15) is 33.6 Å². The van der Waals surface area contributed by atoms with Crippen LogP contribution in [-0.4, -0.2) is 138 Å². The Hall–Kier alpha value is -8.58. The Balaban J connectivity index is 0.840. The number of pyridine rings is 3. The van der Waals surface area contributed by atoms with Crippen molar-refractivity contribution in [2.75, 3.05) is 55.4 Å². The molecule has 2 unspecified atom stereocenters. The summed E-state index contributed by atoms with van der Waals surface area (Å²) in [6.07, 6.45) is 8.84. The number of fused-ring (bicyclic) bond motifs is 1. The predicted octanol–water partition coefficient (Wildman–Crippen LogP) is 5.76. The van der Waals surface area contributed by atoms with E-state index in [2.05, 4.69) is 70.4 Å². The molecule has 3 aliphatic heterocycles. The number of carbonyl (C=O) groups excluding carboxylic acids is 7. The first kappa shape index (κ1) is 57.1. The molecule has 7 amide bonds. The van der Waals surface area contributed by atoms with Crippen LogP contribution in [0.2, 0.25) is 0 Å². The number of piperazine rings is 1. The molecular formula is C56H63N15O8S2. The summed E-state index contributed by atoms with van der Waals surface area (Å²) < 4.78 is 7.15. The number of imide groups is 1. The van der Waals surface area contributed by atoms with Crippen LogP contribution in [0.3, 0.4) is 0 Å². The summed E-state index contributed by atoms with van der Waals surface area (Å²) >= 11 is 0. The molecule has 81 heavy (non-hydrogen) atoms. The number of aromatic nitrogens is 6. The quantitative estimate of drug-likeness (QED) is 0.0253. The molecule has 25 heteroatoms. The lowest BCUT2D eigenvalue weighted by molar-refractivity contribution is -0.137. The van der Waals surface area contributed by atoms with Crippen LogP contribution >= 0.6 is 21.6 Å². The number of anilines is 5. The van der Waals surface area contributed by atoms with Gasteiger partial charge in [0.2, 0.25) is 23.6 Å². The summed E-state index contributed by atoms with van der Waals surface area (Å²) in [5.74, 6) is -1.15. The Morgan fingerprint density at radius 1 is 0.877 bits per heavy atom. The molecular weight excluding hydrogens is 1070 g/mol. The normalized spacial score (nSPS) is 15.6. The van der Waals surface area contributed by atoms with Crippen LogP contribution in [0.1, 0.15) is 95.4 Å². The van der Waals surface area contributed by atoms with Gasteiger partial charge in [0.15, 0.2) is 11.6 Å². The molecule has 6 aromatic rings. The first-order valence-corrected chi connectivity index (χ1v) is 28.7. The number of methoxy groups -OCH3 is 1. The van der Waals surface area contributed by atoms with Crippen molar-refractivity contribution in [3.63, 3.8) is 0 Å². The van der Waals surface area contributed by atoms with Crippen LogP contribution in [0.5, 0.6) is 5.75 Å². The van der Waals surface area contributed by atoms with Gasteiger partial charge in [0, 0.05) is 105 Å². The van der Waals surface area contributed by atoms with Crippen LogP contribution in [0.25, 0.3) is 11.4 Å². The standard InChI is InChI=1S/C56H63N15O8S2/c1-56(2,81-80-48-16-6-8-24-59-48)22-21-46(72)58-23-7-5-13-40(55(78)70-27-25-69(26-28-70)42-15-10-11-35-38(42)32-71(54(35)77)43-18-20-47(73)66-53(43)76)64-52(75)34-17-19-44(60-30-34)65-45-29-41(37(31-61-45)50(57)74)63-39-14-9-12-36(49(39)79-4)51-62-33-68(3)67-51/h6,8-12,14-17,19,24,29-31,33,40,43H,5,7,13,18,20-23,25-28,32H2,1-4H3,(H2,57,74)(H,58,72)(H,64,75)(H,66,73,76)(H2,60,61,63,65). The number of carbonyl (C=O) groups is 7. The topological polar surface area (TPSA) is 294 Å². The van der Waals surface area contributed by atoms with Crippen LogP contribution in [0.4, 0.5) is 28.7 Å². The van der Waals surface area contributed by atoms with Crippen molar-refractivity contribution in [3.8, 4) is 17.1 Å². The molecule has 0 aliphatic carbocycles. The highest BCUT2D eigenvalue weighted by molar-refractivity contribution is 8.77. The lowest BCUT2D eigenvalue weighted by Crippen LogP contribution is -2.55. The van der Waals surface area contributed by atoms with Crippen molar-refractivity contribution in [1.29, 1.82) is 0 Å². The minimum Gasteiger partial charge on any atom is -0.494 e. The van der Waals surface area contributed by atoms with E-state index in [4.69, 9.17) is 10.5 Å². The summed E-state index contributed by atoms with van der Waals surface area (Å²) in [7, 11) is 6.53. The predicted molar refractivity (Wildman–Crippen MR) is 307 cm³/mol. The van der Waals surface area contributed by atoms with Gasteiger partial charge >= 0.3 is 0 Å². The number of ether oxygens (including phenoxy) is 1. The van der Waals surface area contributed by atoms with Gasteiger partial charge < -0.3 is 46.4 Å². The Labute approximate surface area is 475 Å². The van der Waals surface area contributed by atoms with E-state index in [0.29, 0.717) is 111 Å². The second-order valence-electron chi connectivity index (χ2n) is 20.3. The van der Waals surface area contributed by atoms with Gasteiger partial charge in [-0.3, -0.25) is 43.6 Å². The number of nitrogens with zero attached hydrogens (tertiary/aromatic N) is 9. The number of benzene rings is 2. The first-order chi connectivity index (χ1) is 39.0. The highest BCUT2D eigenvalue weighted by Gasteiger charge is 2.41. The average molecular weight is 1140 g/mol. The first-order valence-electron chi connectivity index (χ1n) is 26.5. The number of aryl methyl sites for hydroxylation is 1. The molecule has 4 aromatic heterocycles. The molecule has 3 aliphatic rings. The van der Waals surface area contributed by atoms with Crippen molar-refractivity contribution in [2.45, 2.75) is 87.2 Å². The highest BCUT2D eigenvalue weighted by Crippen LogP contribution is 2.42. The number of nitrogens with one attached hydrogen (secondary N) is 5. The highest BCUT2D eigenvalue weighted by atomic mass is 33.1. The molecule has 0 spiro atoms. The maximum absolute atomic E-state index is 14.5. The molecule has 0 bridgehead atoms. The van der Waals surface area contributed by atoms with Crippen LogP contribution < -0.4 is 42.0 Å². The van der Waals surface area contributed by atoms with Gasteiger partial charge in [0.1, 0.15) is 35.1 Å². The summed E-state index contributed by atoms with van der Waals surface area (Å²) in [5, 5.41) is 20.0. The smallest absolute Gasteiger partial charge is 0.255 e. The van der Waals surface area contributed by atoms with E-state index < -0.39 is 29.8 Å². The van der Waals surface area contributed by atoms with Crippen molar-refractivity contribution in [3.05, 3.63) is 120 Å². The molecule has 2 aromatic carbocycles. The summed E-state index contributed by atoms with van der Waals surface area (Å²) in [5.41, 5.74) is 9.65. The van der Waals surface area contributed by atoms with Crippen molar-refractivity contribution >= 4 is 91.6 Å². The van der Waals surface area contributed by atoms with Crippen LogP contribution in [-0.2, 0) is 32.8 Å². The van der Waals surface area contributed by atoms with Gasteiger partial charge in [-0.1, -0.05) is 29.0 Å². The Kier molecular flexibility index (Phi) is 18.1. The van der Waals surface area contributed by atoms with Gasteiger partial charge in [0.05, 0.1) is 35.2 Å². The molecule has 2 fully saturated rings. The maximum atomic E-state index is 14.5. The molecule has 2 atom stereocenters. The zero-order valence-electron chi connectivity index (χ0n) is 45.3. The second kappa shape index (κ2) is 25.7. The number of piperidine rings is 1. The van der Waals surface area contributed by atoms with E-state index in [1.807, 2.05) is 36.4 Å². The number of rotatable bonds is 23. The van der Waals surface area contributed by atoms with E-state index in [1.165, 1.54) is 24.4 Å². The van der Waals surface area contributed by atoms with Crippen LogP contribution in [0.15, 0.2) is 103 Å². The van der Waals surface area contributed by atoms with Gasteiger partial charge in [-0.05, 0) is 105 Å². The zero-order valence-corrected chi connectivity index (χ0v) is 46.9. The van der Waals surface area contributed by atoms with Crippen LogP contribution in [0, 0.1) is 0 Å². The number of para-hydroxylation sites is 1. The van der Waals surface area contributed by atoms with Gasteiger partial charge in [-0.2, -0.15) is 5.10 Å². The molecule has 7 N–H and O–H groups in total. The number of nitrogens with two attached hydrogens (primary N) is 1. The number of hydrogen-bond acceptors (Lipinski definition) is 18. The Bertz CT molecular complexity index is 3320. The minimum atomic E-state index is -0.911. The molecule has 0 radical (unpaired) electrons. The fraction of sp³-hybridized carbons (Fsp3) is 0.357. The van der Waals surface area contributed by atoms with Crippen molar-refractivity contribution in [1.82, 2.24) is 55.5 Å². The third-order valence-corrected chi connectivity index (χ3v) is 17.3. The number of hydrogen-bond donors (Lipinski definition) is 6. The fourth-order valence-electron chi connectivity index (χ4n) is 9.75. The molecule has 23 nitrogen and oxygen atoms in total. The molecule has 7 heterocycles. The van der Waals surface area contributed by atoms with E-state index in [0.717, 1.165) is 16.3 Å². The average Bonchev–Trinajstić information content (AvgIpc) is 4.12. The second-order valence-corrected chi connectivity index (χ2v) is 23.1. The fourth-order valence-corrected chi connectivity index (χ4v) is 12.0. The summed E-state index contributed by atoms with van der Waals surface area (Å²) in [4.78, 5) is 115. The molecule has 0 saturated carbocycles. The van der Waals surface area contributed by atoms with Gasteiger partial charge in [-0.15, -0.1) is 0 Å². The third-order valence-electron chi connectivity index (χ3n) is 14.1. The van der Waals surface area contributed by atoms with E-state index in [1.54, 1.807) is 87.1 Å². The number of primary amides is 1. The Morgan fingerprint density at radius 2 is 1.67 bits per heavy atom. The number of unbranched alkanes of at least 4 members (excludes halogenated alkanes) is 1. The Morgan fingerprint density at radius 3 is 2.38 bits per heavy atom. The van der Waals surface area contributed by atoms with Gasteiger partial charge in [0.25, 0.3) is 17.7 Å². The zero-order chi connectivity index (χ0) is 57.2. The third kappa shape index (κ3) is 14.1. The van der Waals surface area contributed by atoms with Crippen molar-refractivity contribution in [2.24, 2.45) is 12.8 Å². The molecule has 2 saturated heterocycles. The van der Waals surface area contributed by atoms with Crippen molar-refractivity contribution < 1.29 is 38.3 Å². The monoisotopic (exact) mass is 1140 g/mol. The van der Waals surface area contributed by atoms with E-state index in [-0.39, 0.29) is 58.9 Å². The lowest BCUT2D eigenvalue weighted by atomic mass is 10.0. The number of amides is 7. The molecule has 422 valence electrons. The summed E-state index contributed by atoms with van der Waals surface area (Å²) in [6.45, 7) is 6.38. The van der Waals surface area contributed by atoms with E-state index >= 15 is 0 Å². The maximum Gasteiger partial charge on any atom is 0.255 e. The summed E-state index contributed by atoms with van der Waals surface area (Å²) in [6, 6.07) is 19.7. The largest absolute Gasteiger partial charge is 0.494 e. The van der Waals surface area contributed by atoms with Gasteiger partial charge in [-0.25, -0.2) is 19.9 Å². The lowest BCUT2D eigenvalue weighted by Gasteiger charge is -2.38. The molecule has 9 rings (SSSR count). The SMILES string of the molecule is COc1c(Nc2cc(Nc3ccc(C(=O)NC(CCCCNC(=O)CCC(C)(C)SSc4ccccn4)C(=O)N4CCN(c5cccc6c5CN(C5CCC(=O)NC5=O)C6=O)CC4)cn3)ncc2C(N)=O)cccc1-c1ncn(C)n1.